The molecule has 1 aromatic heterocycles. The van der Waals surface area contributed by atoms with Gasteiger partial charge in [0.1, 0.15) is 0 Å². The van der Waals surface area contributed by atoms with Crippen LogP contribution >= 0.6 is 27.7 Å². The maximum absolute atomic E-state index is 12.6. The quantitative estimate of drug-likeness (QED) is 0.463. The van der Waals surface area contributed by atoms with Gasteiger partial charge < -0.3 is 9.84 Å². The molecule has 3 aromatic rings. The highest BCUT2D eigenvalue weighted by Crippen LogP contribution is 2.21. The minimum atomic E-state index is -3.77. The Kier molecular flexibility index (Phi) is 7.29. The van der Waals surface area contributed by atoms with Crippen molar-refractivity contribution in [1.82, 2.24) is 19.8 Å². The second-order valence-corrected chi connectivity index (χ2v) is 10.1. The van der Waals surface area contributed by atoms with Gasteiger partial charge >= 0.3 is 0 Å². The summed E-state index contributed by atoms with van der Waals surface area (Å²) in [6.45, 7) is -0.338. The van der Waals surface area contributed by atoms with Gasteiger partial charge in [0, 0.05) is 22.0 Å². The first-order valence-electron chi connectivity index (χ1n) is 8.75. The summed E-state index contributed by atoms with van der Waals surface area (Å²) in [7, 11) is -2.41. The Morgan fingerprint density at radius 3 is 2.63 bits per heavy atom. The lowest BCUT2D eigenvalue weighted by Crippen LogP contribution is -2.38. The summed E-state index contributed by atoms with van der Waals surface area (Å²) < 4.78 is 32.3. The highest BCUT2D eigenvalue weighted by atomic mass is 79.9. The average Bonchev–Trinajstić information content (AvgIpc) is 3.21. The molecule has 30 heavy (non-hydrogen) atoms. The summed E-state index contributed by atoms with van der Waals surface area (Å²) >= 11 is 4.90. The maximum atomic E-state index is 12.6. The molecule has 158 valence electrons. The molecule has 0 spiro atoms. The topological polar surface area (TPSA) is 105 Å². The molecule has 1 N–H and O–H groups in total. The van der Waals surface area contributed by atoms with E-state index in [1.54, 1.807) is 12.1 Å². The van der Waals surface area contributed by atoms with E-state index in [1.807, 2.05) is 30.5 Å². The molecule has 8 nitrogen and oxygen atoms in total. The molecule has 1 amide bonds. The van der Waals surface area contributed by atoms with Gasteiger partial charge in [0.15, 0.2) is 0 Å². The van der Waals surface area contributed by atoms with Crippen molar-refractivity contribution in [2.24, 2.45) is 0 Å². The van der Waals surface area contributed by atoms with Crippen LogP contribution in [0.2, 0.25) is 0 Å². The van der Waals surface area contributed by atoms with Crippen LogP contribution in [0, 0.1) is 0 Å². The van der Waals surface area contributed by atoms with Gasteiger partial charge in [0.2, 0.25) is 27.6 Å². The molecular formula is C19H19BrN4O4S2. The number of thioether (sulfide) groups is 1. The first-order valence-corrected chi connectivity index (χ1v) is 12.2. The fourth-order valence-corrected chi connectivity index (χ4v) is 4.45. The van der Waals surface area contributed by atoms with E-state index in [1.165, 1.54) is 30.9 Å². The van der Waals surface area contributed by atoms with Crippen LogP contribution in [-0.4, -0.2) is 48.6 Å². The SMILES string of the molecule is CSc1ccc(S(=O)(=O)N(C)CC(=O)NCc2nc(-c3cccc(Br)c3)no2)cc1. The number of likely N-dealkylation sites (N-methyl/N-ethyl adjacent to an activating group) is 1. The zero-order valence-electron chi connectivity index (χ0n) is 16.2. The molecule has 2 aromatic carbocycles. The summed E-state index contributed by atoms with van der Waals surface area (Å²) in [6, 6.07) is 13.9. The van der Waals surface area contributed by atoms with E-state index >= 15 is 0 Å². The van der Waals surface area contributed by atoms with Gasteiger partial charge in [-0.2, -0.15) is 9.29 Å². The second-order valence-electron chi connectivity index (χ2n) is 6.24. The van der Waals surface area contributed by atoms with Crippen molar-refractivity contribution in [3.8, 4) is 11.4 Å². The number of hydrogen-bond donors (Lipinski definition) is 1. The molecule has 0 aliphatic heterocycles. The van der Waals surface area contributed by atoms with E-state index in [9.17, 15) is 13.2 Å². The number of sulfonamides is 1. The highest BCUT2D eigenvalue weighted by Gasteiger charge is 2.23. The molecule has 0 aliphatic carbocycles. The fraction of sp³-hybridized carbons (Fsp3) is 0.211. The van der Waals surface area contributed by atoms with Gasteiger partial charge in [-0.05, 0) is 42.7 Å². The molecule has 0 atom stereocenters. The largest absolute Gasteiger partial charge is 0.346 e. The lowest BCUT2D eigenvalue weighted by molar-refractivity contribution is -0.121. The van der Waals surface area contributed by atoms with E-state index in [2.05, 4.69) is 31.4 Å². The van der Waals surface area contributed by atoms with Gasteiger partial charge in [0.25, 0.3) is 0 Å². The monoisotopic (exact) mass is 510 g/mol. The highest BCUT2D eigenvalue weighted by molar-refractivity contribution is 9.10. The second kappa shape index (κ2) is 9.73. The number of halogens is 1. The van der Waals surface area contributed by atoms with E-state index in [0.717, 1.165) is 19.2 Å². The predicted octanol–water partition coefficient (Wildman–Crippen LogP) is 3.16. The van der Waals surface area contributed by atoms with Gasteiger partial charge in [-0.25, -0.2) is 8.42 Å². The van der Waals surface area contributed by atoms with Crippen LogP contribution in [0.25, 0.3) is 11.4 Å². The van der Waals surface area contributed by atoms with Crippen molar-refractivity contribution >= 4 is 43.6 Å². The Labute approximate surface area is 187 Å². The van der Waals surface area contributed by atoms with Crippen molar-refractivity contribution in [3.63, 3.8) is 0 Å². The van der Waals surface area contributed by atoms with Crippen molar-refractivity contribution < 1.29 is 17.7 Å². The average molecular weight is 511 g/mol. The lowest BCUT2D eigenvalue weighted by atomic mass is 10.2. The van der Waals surface area contributed by atoms with Crippen LogP contribution in [0.15, 0.2) is 67.3 Å². The van der Waals surface area contributed by atoms with Crippen molar-refractivity contribution in [2.45, 2.75) is 16.3 Å². The molecule has 0 saturated carbocycles. The molecular weight excluding hydrogens is 492 g/mol. The van der Waals surface area contributed by atoms with E-state index in [4.69, 9.17) is 4.52 Å². The number of benzene rings is 2. The summed E-state index contributed by atoms with van der Waals surface area (Å²) in [4.78, 5) is 17.5. The third kappa shape index (κ3) is 5.48. The smallest absolute Gasteiger partial charge is 0.246 e. The third-order valence-electron chi connectivity index (χ3n) is 4.12. The fourth-order valence-electron chi connectivity index (χ4n) is 2.52. The van der Waals surface area contributed by atoms with Crippen LogP contribution < -0.4 is 5.32 Å². The van der Waals surface area contributed by atoms with Crippen LogP contribution in [0.1, 0.15) is 5.89 Å². The number of carbonyl (C=O) groups excluding carboxylic acids is 1. The Morgan fingerprint density at radius 2 is 1.97 bits per heavy atom. The van der Waals surface area contributed by atoms with Crippen molar-refractivity contribution in [2.75, 3.05) is 19.8 Å². The molecule has 0 saturated heterocycles. The first-order chi connectivity index (χ1) is 14.3. The summed E-state index contributed by atoms with van der Waals surface area (Å²) in [6.07, 6.45) is 1.91. The minimum absolute atomic E-state index is 0.00383. The van der Waals surface area contributed by atoms with Crippen LogP contribution in [0.4, 0.5) is 0 Å². The van der Waals surface area contributed by atoms with E-state index in [0.29, 0.717) is 5.82 Å². The van der Waals surface area contributed by atoms with Gasteiger partial charge in [0.05, 0.1) is 18.0 Å². The summed E-state index contributed by atoms with van der Waals surface area (Å²) in [5.74, 6) is 0.134. The third-order valence-corrected chi connectivity index (χ3v) is 7.18. The van der Waals surface area contributed by atoms with Gasteiger partial charge in [-0.1, -0.05) is 33.2 Å². The van der Waals surface area contributed by atoms with Crippen LogP contribution in [0.3, 0.4) is 0 Å². The number of aromatic nitrogens is 2. The number of hydrogen-bond acceptors (Lipinski definition) is 7. The zero-order chi connectivity index (χ0) is 21.7. The predicted molar refractivity (Wildman–Crippen MR) is 117 cm³/mol. The van der Waals surface area contributed by atoms with Crippen molar-refractivity contribution in [3.05, 3.63) is 58.9 Å². The van der Waals surface area contributed by atoms with Crippen LogP contribution in [-0.2, 0) is 21.4 Å². The Balaban J connectivity index is 1.57. The number of carbonyl (C=O) groups is 1. The Bertz CT molecular complexity index is 1130. The number of nitrogens with zero attached hydrogens (tertiary/aromatic N) is 3. The van der Waals surface area contributed by atoms with Crippen LogP contribution in [0.5, 0.6) is 0 Å². The molecule has 3 rings (SSSR count). The molecule has 0 fully saturated rings. The van der Waals surface area contributed by atoms with Gasteiger partial charge in [-0.3, -0.25) is 4.79 Å². The summed E-state index contributed by atoms with van der Waals surface area (Å²) in [5, 5.41) is 6.49. The van der Waals surface area contributed by atoms with E-state index < -0.39 is 15.9 Å². The molecule has 0 bridgehead atoms. The van der Waals surface area contributed by atoms with Crippen molar-refractivity contribution in [1.29, 1.82) is 0 Å². The normalized spacial score (nSPS) is 11.6. The zero-order valence-corrected chi connectivity index (χ0v) is 19.4. The number of nitrogens with one attached hydrogen (secondary N) is 1. The first kappa shape index (κ1) is 22.5. The van der Waals surface area contributed by atoms with Gasteiger partial charge in [-0.15, -0.1) is 11.8 Å². The molecule has 11 heteroatoms. The summed E-state index contributed by atoms with van der Waals surface area (Å²) in [5.41, 5.74) is 0.768. The lowest BCUT2D eigenvalue weighted by Gasteiger charge is -2.16. The molecule has 1 heterocycles. The maximum Gasteiger partial charge on any atom is 0.246 e. The number of rotatable bonds is 8. The van der Waals surface area contributed by atoms with E-state index in [-0.39, 0.29) is 23.9 Å². The number of amides is 1. The minimum Gasteiger partial charge on any atom is -0.346 e. The molecule has 0 unspecified atom stereocenters. The standard InChI is InChI=1S/C19H19BrN4O4S2/c1-24(30(26,27)16-8-6-15(29-2)7-9-16)12-17(25)21-11-18-22-19(23-28-18)13-4-3-5-14(20)10-13/h3-10H,11-12H2,1-2H3,(H,21,25). The molecule has 0 aliphatic rings. The Hall–Kier alpha value is -2.21. The molecule has 0 radical (unpaired) electrons. The Morgan fingerprint density at radius 1 is 1.23 bits per heavy atom.